The molecule has 0 radical (unpaired) electrons. The number of sulfone groups is 1. The first kappa shape index (κ1) is 19.2. The van der Waals surface area contributed by atoms with E-state index in [1.807, 2.05) is 19.1 Å². The first-order valence-corrected chi connectivity index (χ1v) is 11.1. The molecule has 0 saturated carbocycles. The van der Waals surface area contributed by atoms with Crippen LogP contribution in [0.25, 0.3) is 0 Å². The lowest BCUT2D eigenvalue weighted by atomic mass is 10.0. The van der Waals surface area contributed by atoms with Crippen molar-refractivity contribution in [1.82, 2.24) is 9.80 Å². The van der Waals surface area contributed by atoms with Gasteiger partial charge in [-0.2, -0.15) is 0 Å². The van der Waals surface area contributed by atoms with Gasteiger partial charge < -0.3 is 9.64 Å². The maximum atomic E-state index is 12.9. The third-order valence-corrected chi connectivity index (χ3v) is 7.26. The quantitative estimate of drug-likeness (QED) is 0.754. The lowest BCUT2D eigenvalue weighted by Crippen LogP contribution is -2.46. The number of carbonyl (C=O) groups is 1. The topological polar surface area (TPSA) is 66.9 Å². The molecule has 0 aromatic heterocycles. The van der Waals surface area contributed by atoms with Crippen LogP contribution in [0.1, 0.15) is 37.8 Å². The van der Waals surface area contributed by atoms with E-state index >= 15 is 0 Å². The Kier molecular flexibility index (Phi) is 5.87. The van der Waals surface area contributed by atoms with E-state index in [1.54, 1.807) is 12.0 Å². The van der Waals surface area contributed by atoms with Crippen molar-refractivity contribution < 1.29 is 17.9 Å². The van der Waals surface area contributed by atoms with Gasteiger partial charge in [0.15, 0.2) is 9.84 Å². The minimum Gasteiger partial charge on any atom is -0.497 e. The highest BCUT2D eigenvalue weighted by molar-refractivity contribution is 7.91. The second kappa shape index (κ2) is 7.96. The summed E-state index contributed by atoms with van der Waals surface area (Å²) in [5.74, 6) is 1.16. The van der Waals surface area contributed by atoms with Crippen LogP contribution in [0.3, 0.4) is 0 Å². The standard InChI is InChI=1S/C19H28N2O4S/c1-3-21(16-10-12-26(23,24)14-16)19(22)13-20-11-4-5-18(20)15-6-8-17(25-2)9-7-15/h6-9,16,18H,3-5,10-14H2,1-2H3. The van der Waals surface area contributed by atoms with Gasteiger partial charge in [-0.25, -0.2) is 8.42 Å². The largest absolute Gasteiger partial charge is 0.497 e. The van der Waals surface area contributed by atoms with Crippen molar-refractivity contribution in [2.24, 2.45) is 0 Å². The summed E-state index contributed by atoms with van der Waals surface area (Å²) in [5, 5.41) is 0. The van der Waals surface area contributed by atoms with Gasteiger partial charge in [-0.05, 0) is 50.4 Å². The SMILES string of the molecule is CCN(C(=O)CN1CCCC1c1ccc(OC)cc1)C1CCS(=O)(=O)C1. The molecule has 0 aliphatic carbocycles. The molecule has 3 rings (SSSR count). The summed E-state index contributed by atoms with van der Waals surface area (Å²) >= 11 is 0. The van der Waals surface area contributed by atoms with Crippen molar-refractivity contribution in [3.8, 4) is 5.75 Å². The van der Waals surface area contributed by atoms with E-state index in [-0.39, 0.29) is 29.5 Å². The van der Waals surface area contributed by atoms with Crippen LogP contribution in [-0.2, 0) is 14.6 Å². The van der Waals surface area contributed by atoms with Gasteiger partial charge in [0.05, 0.1) is 25.2 Å². The van der Waals surface area contributed by atoms with Gasteiger partial charge in [0.2, 0.25) is 5.91 Å². The molecule has 26 heavy (non-hydrogen) atoms. The first-order valence-electron chi connectivity index (χ1n) is 9.31. The molecule has 0 N–H and O–H groups in total. The Morgan fingerprint density at radius 3 is 2.58 bits per heavy atom. The summed E-state index contributed by atoms with van der Waals surface area (Å²) in [6.45, 7) is 3.72. The van der Waals surface area contributed by atoms with E-state index in [4.69, 9.17) is 4.74 Å². The molecule has 7 heteroatoms. The third-order valence-electron chi connectivity index (χ3n) is 5.51. The Morgan fingerprint density at radius 1 is 1.27 bits per heavy atom. The van der Waals surface area contributed by atoms with Crippen molar-refractivity contribution >= 4 is 15.7 Å². The lowest BCUT2D eigenvalue weighted by molar-refractivity contribution is -0.134. The number of methoxy groups -OCH3 is 1. The number of amides is 1. The van der Waals surface area contributed by atoms with Gasteiger partial charge in [0, 0.05) is 18.6 Å². The Labute approximate surface area is 156 Å². The Morgan fingerprint density at radius 2 is 2.00 bits per heavy atom. The first-order chi connectivity index (χ1) is 12.4. The summed E-state index contributed by atoms with van der Waals surface area (Å²) in [4.78, 5) is 16.9. The molecule has 2 atom stereocenters. The number of hydrogen-bond acceptors (Lipinski definition) is 5. The summed E-state index contributed by atoms with van der Waals surface area (Å²) < 4.78 is 28.7. The van der Waals surface area contributed by atoms with Crippen LogP contribution in [0.5, 0.6) is 5.75 Å². The average Bonchev–Trinajstić information content (AvgIpc) is 3.22. The van der Waals surface area contributed by atoms with Crippen LogP contribution in [-0.4, -0.2) is 68.4 Å². The number of benzene rings is 1. The second-order valence-corrected chi connectivity index (χ2v) is 9.37. The fourth-order valence-corrected chi connectivity index (χ4v) is 5.87. The van der Waals surface area contributed by atoms with Gasteiger partial charge >= 0.3 is 0 Å². The van der Waals surface area contributed by atoms with Gasteiger partial charge in [-0.15, -0.1) is 0 Å². The van der Waals surface area contributed by atoms with E-state index in [9.17, 15) is 13.2 Å². The van der Waals surface area contributed by atoms with Gasteiger partial charge in [0.25, 0.3) is 0 Å². The van der Waals surface area contributed by atoms with Crippen molar-refractivity contribution in [1.29, 1.82) is 0 Å². The average molecular weight is 381 g/mol. The molecular formula is C19H28N2O4S. The van der Waals surface area contributed by atoms with E-state index in [0.29, 0.717) is 19.5 Å². The molecular weight excluding hydrogens is 352 g/mol. The number of ether oxygens (including phenoxy) is 1. The van der Waals surface area contributed by atoms with Crippen LogP contribution in [0, 0.1) is 0 Å². The molecule has 0 spiro atoms. The molecule has 2 heterocycles. The zero-order chi connectivity index (χ0) is 18.7. The maximum absolute atomic E-state index is 12.9. The Bertz CT molecular complexity index is 732. The number of likely N-dealkylation sites (N-methyl/N-ethyl adjacent to an activating group) is 1. The maximum Gasteiger partial charge on any atom is 0.237 e. The zero-order valence-corrected chi connectivity index (χ0v) is 16.4. The predicted molar refractivity (Wildman–Crippen MR) is 101 cm³/mol. The van der Waals surface area contributed by atoms with Crippen LogP contribution in [0.2, 0.25) is 0 Å². The van der Waals surface area contributed by atoms with Crippen LogP contribution in [0.4, 0.5) is 0 Å². The molecule has 1 aromatic carbocycles. The molecule has 144 valence electrons. The summed E-state index contributed by atoms with van der Waals surface area (Å²) in [6.07, 6.45) is 2.65. The molecule has 0 bridgehead atoms. The van der Waals surface area contributed by atoms with Crippen molar-refractivity contribution in [3.05, 3.63) is 29.8 Å². The summed E-state index contributed by atoms with van der Waals surface area (Å²) in [7, 11) is -1.34. The van der Waals surface area contributed by atoms with Crippen molar-refractivity contribution in [2.45, 2.75) is 38.3 Å². The monoisotopic (exact) mass is 380 g/mol. The molecule has 1 amide bonds. The minimum absolute atomic E-state index is 0.0370. The minimum atomic E-state index is -2.99. The van der Waals surface area contributed by atoms with E-state index in [0.717, 1.165) is 25.1 Å². The Hall–Kier alpha value is -1.60. The molecule has 2 unspecified atom stereocenters. The predicted octanol–water partition coefficient (Wildman–Crippen LogP) is 1.87. The summed E-state index contributed by atoms with van der Waals surface area (Å²) in [5.41, 5.74) is 1.20. The fraction of sp³-hybridized carbons (Fsp3) is 0.632. The molecule has 2 saturated heterocycles. The highest BCUT2D eigenvalue weighted by atomic mass is 32.2. The highest BCUT2D eigenvalue weighted by Crippen LogP contribution is 2.32. The molecule has 2 fully saturated rings. The van der Waals surface area contributed by atoms with E-state index in [2.05, 4.69) is 17.0 Å². The van der Waals surface area contributed by atoms with Gasteiger partial charge in [-0.1, -0.05) is 12.1 Å². The fourth-order valence-electron chi connectivity index (χ4n) is 4.14. The molecule has 2 aliphatic heterocycles. The number of nitrogens with zero attached hydrogens (tertiary/aromatic N) is 2. The van der Waals surface area contributed by atoms with Crippen LogP contribution >= 0.6 is 0 Å². The van der Waals surface area contributed by atoms with Crippen molar-refractivity contribution in [3.63, 3.8) is 0 Å². The highest BCUT2D eigenvalue weighted by Gasteiger charge is 2.35. The zero-order valence-electron chi connectivity index (χ0n) is 15.6. The van der Waals surface area contributed by atoms with Crippen LogP contribution in [0.15, 0.2) is 24.3 Å². The van der Waals surface area contributed by atoms with E-state index in [1.165, 1.54) is 5.56 Å². The smallest absolute Gasteiger partial charge is 0.237 e. The number of likely N-dealkylation sites (tertiary alicyclic amines) is 1. The summed E-state index contributed by atoms with van der Waals surface area (Å²) in [6, 6.07) is 8.10. The normalized spacial score (nSPS) is 25.3. The number of hydrogen-bond donors (Lipinski definition) is 0. The van der Waals surface area contributed by atoms with E-state index < -0.39 is 9.84 Å². The van der Waals surface area contributed by atoms with Crippen LogP contribution < -0.4 is 4.74 Å². The van der Waals surface area contributed by atoms with Crippen molar-refractivity contribution in [2.75, 3.05) is 38.2 Å². The van der Waals surface area contributed by atoms with Gasteiger partial charge in [-0.3, -0.25) is 9.69 Å². The molecule has 2 aliphatic rings. The number of carbonyl (C=O) groups excluding carboxylic acids is 1. The third kappa shape index (κ3) is 4.20. The lowest BCUT2D eigenvalue weighted by Gasteiger charge is -2.31. The second-order valence-electron chi connectivity index (χ2n) is 7.14. The molecule has 1 aromatic rings. The number of rotatable bonds is 6. The van der Waals surface area contributed by atoms with Gasteiger partial charge in [0.1, 0.15) is 5.75 Å². The molecule has 6 nitrogen and oxygen atoms in total. The Balaban J connectivity index is 1.66.